The molecule has 0 radical (unpaired) electrons. The lowest BCUT2D eigenvalue weighted by molar-refractivity contribution is 0.428. The Bertz CT molecular complexity index is 340. The standard InChI is InChI=1S/C13H24N2O/c1-6-7-15-12(10(4)5)11(8-9(2)3)13(16)14-15/h9-10H,6-8H2,1-5H3,(H,14,16). The van der Waals surface area contributed by atoms with Gasteiger partial charge in [-0.2, -0.15) is 0 Å². The van der Waals surface area contributed by atoms with Crippen molar-refractivity contribution < 1.29 is 5.11 Å². The van der Waals surface area contributed by atoms with E-state index in [1.54, 1.807) is 0 Å². The summed E-state index contributed by atoms with van der Waals surface area (Å²) in [7, 11) is 0. The molecule has 1 N–H and O–H groups in total. The Kier molecular flexibility index (Phi) is 4.39. The van der Waals surface area contributed by atoms with Gasteiger partial charge in [0.25, 0.3) is 0 Å². The van der Waals surface area contributed by atoms with E-state index in [0.717, 1.165) is 24.9 Å². The van der Waals surface area contributed by atoms with Gasteiger partial charge in [-0.3, -0.25) is 4.68 Å². The van der Waals surface area contributed by atoms with Crippen LogP contribution in [-0.2, 0) is 13.0 Å². The van der Waals surface area contributed by atoms with Crippen LogP contribution in [0.2, 0.25) is 0 Å². The fourth-order valence-electron chi connectivity index (χ4n) is 2.13. The van der Waals surface area contributed by atoms with E-state index < -0.39 is 0 Å². The summed E-state index contributed by atoms with van der Waals surface area (Å²) >= 11 is 0. The largest absolute Gasteiger partial charge is 0.492 e. The smallest absolute Gasteiger partial charge is 0.233 e. The summed E-state index contributed by atoms with van der Waals surface area (Å²) in [5, 5.41) is 14.2. The van der Waals surface area contributed by atoms with Gasteiger partial charge in [0.1, 0.15) is 0 Å². The molecule has 92 valence electrons. The van der Waals surface area contributed by atoms with Crippen molar-refractivity contribution in [3.63, 3.8) is 0 Å². The monoisotopic (exact) mass is 224 g/mol. The minimum Gasteiger partial charge on any atom is -0.492 e. The average molecular weight is 224 g/mol. The van der Waals surface area contributed by atoms with E-state index in [4.69, 9.17) is 0 Å². The number of hydrogen-bond acceptors (Lipinski definition) is 2. The Morgan fingerprint density at radius 3 is 2.31 bits per heavy atom. The van der Waals surface area contributed by atoms with Gasteiger partial charge < -0.3 is 5.11 Å². The fourth-order valence-corrected chi connectivity index (χ4v) is 2.13. The van der Waals surface area contributed by atoms with Crippen LogP contribution in [0.4, 0.5) is 0 Å². The summed E-state index contributed by atoms with van der Waals surface area (Å²) in [6.45, 7) is 11.7. The summed E-state index contributed by atoms with van der Waals surface area (Å²) in [4.78, 5) is 0. The molecule has 0 aliphatic carbocycles. The maximum absolute atomic E-state index is 9.90. The molecule has 1 rings (SSSR count). The molecule has 3 nitrogen and oxygen atoms in total. The van der Waals surface area contributed by atoms with Crippen LogP contribution >= 0.6 is 0 Å². The number of aromatic hydroxyl groups is 1. The second kappa shape index (κ2) is 5.37. The summed E-state index contributed by atoms with van der Waals surface area (Å²) < 4.78 is 1.97. The van der Waals surface area contributed by atoms with Crippen LogP contribution in [0.25, 0.3) is 0 Å². The molecule has 0 aromatic carbocycles. The van der Waals surface area contributed by atoms with Crippen LogP contribution in [0.15, 0.2) is 0 Å². The van der Waals surface area contributed by atoms with Crippen molar-refractivity contribution in [3.05, 3.63) is 11.3 Å². The molecular formula is C13H24N2O. The summed E-state index contributed by atoms with van der Waals surface area (Å²) in [5.74, 6) is 1.18. The van der Waals surface area contributed by atoms with Gasteiger partial charge >= 0.3 is 0 Å². The van der Waals surface area contributed by atoms with Crippen LogP contribution in [0.3, 0.4) is 0 Å². The van der Waals surface area contributed by atoms with Gasteiger partial charge in [-0.25, -0.2) is 0 Å². The molecule has 0 spiro atoms. The SMILES string of the molecule is CCCn1nc(O)c(CC(C)C)c1C(C)C. The van der Waals surface area contributed by atoms with Crippen molar-refractivity contribution in [3.8, 4) is 5.88 Å². The third-order valence-electron chi connectivity index (χ3n) is 2.67. The van der Waals surface area contributed by atoms with E-state index in [1.807, 2.05) is 4.68 Å². The van der Waals surface area contributed by atoms with Crippen LogP contribution in [0, 0.1) is 5.92 Å². The van der Waals surface area contributed by atoms with E-state index >= 15 is 0 Å². The fraction of sp³-hybridized carbons (Fsp3) is 0.769. The van der Waals surface area contributed by atoms with Gasteiger partial charge in [-0.1, -0.05) is 34.6 Å². The Morgan fingerprint density at radius 2 is 1.88 bits per heavy atom. The quantitative estimate of drug-likeness (QED) is 0.833. The highest BCUT2D eigenvalue weighted by molar-refractivity contribution is 5.32. The van der Waals surface area contributed by atoms with Gasteiger partial charge in [0, 0.05) is 17.8 Å². The normalized spacial score (nSPS) is 11.7. The maximum Gasteiger partial charge on any atom is 0.233 e. The number of aryl methyl sites for hydroxylation is 1. The molecule has 0 atom stereocenters. The Hall–Kier alpha value is -0.990. The van der Waals surface area contributed by atoms with E-state index in [2.05, 4.69) is 39.7 Å². The molecule has 0 bridgehead atoms. The van der Waals surface area contributed by atoms with Crippen LogP contribution in [0.1, 0.15) is 58.2 Å². The molecule has 0 amide bonds. The first-order chi connectivity index (χ1) is 7.47. The zero-order chi connectivity index (χ0) is 12.3. The lowest BCUT2D eigenvalue weighted by atomic mass is 9.98. The zero-order valence-corrected chi connectivity index (χ0v) is 11.1. The Morgan fingerprint density at radius 1 is 1.25 bits per heavy atom. The van der Waals surface area contributed by atoms with E-state index in [1.165, 1.54) is 5.69 Å². The molecule has 3 heteroatoms. The highest BCUT2D eigenvalue weighted by Crippen LogP contribution is 2.29. The van der Waals surface area contributed by atoms with E-state index in [9.17, 15) is 5.11 Å². The Balaban J connectivity index is 3.13. The third-order valence-corrected chi connectivity index (χ3v) is 2.67. The predicted molar refractivity (Wildman–Crippen MR) is 66.8 cm³/mol. The first kappa shape index (κ1) is 13.1. The van der Waals surface area contributed by atoms with Crippen molar-refractivity contribution in [2.45, 2.75) is 59.9 Å². The van der Waals surface area contributed by atoms with Gasteiger partial charge in [0.2, 0.25) is 5.88 Å². The van der Waals surface area contributed by atoms with E-state index in [0.29, 0.717) is 11.8 Å². The van der Waals surface area contributed by atoms with Gasteiger partial charge in [-0.15, -0.1) is 5.10 Å². The third kappa shape index (κ3) is 2.77. The second-order valence-electron chi connectivity index (χ2n) is 5.16. The number of aromatic nitrogens is 2. The first-order valence-corrected chi connectivity index (χ1v) is 6.25. The molecule has 0 saturated heterocycles. The summed E-state index contributed by atoms with van der Waals surface area (Å²) in [5.41, 5.74) is 2.24. The molecule has 16 heavy (non-hydrogen) atoms. The number of hydrogen-bond donors (Lipinski definition) is 1. The topological polar surface area (TPSA) is 38.0 Å². The maximum atomic E-state index is 9.90. The van der Waals surface area contributed by atoms with Crippen molar-refractivity contribution >= 4 is 0 Å². The summed E-state index contributed by atoms with van der Waals surface area (Å²) in [6.07, 6.45) is 1.95. The van der Waals surface area contributed by atoms with Crippen molar-refractivity contribution in [1.82, 2.24) is 9.78 Å². The lowest BCUT2D eigenvalue weighted by Crippen LogP contribution is -2.08. The molecule has 0 unspecified atom stereocenters. The highest BCUT2D eigenvalue weighted by atomic mass is 16.3. The molecule has 0 fully saturated rings. The lowest BCUT2D eigenvalue weighted by Gasteiger charge is -2.12. The predicted octanol–water partition coefficient (Wildman–Crippen LogP) is 3.32. The number of nitrogens with zero attached hydrogens (tertiary/aromatic N) is 2. The first-order valence-electron chi connectivity index (χ1n) is 6.25. The van der Waals surface area contributed by atoms with Crippen molar-refractivity contribution in [2.24, 2.45) is 5.92 Å². The van der Waals surface area contributed by atoms with Crippen LogP contribution in [-0.4, -0.2) is 14.9 Å². The van der Waals surface area contributed by atoms with Gasteiger partial charge in [0.15, 0.2) is 0 Å². The average Bonchev–Trinajstić information content (AvgIpc) is 2.43. The number of rotatable bonds is 5. The molecule has 1 heterocycles. The van der Waals surface area contributed by atoms with Crippen molar-refractivity contribution in [1.29, 1.82) is 0 Å². The molecule has 1 aromatic rings. The zero-order valence-electron chi connectivity index (χ0n) is 11.1. The molecule has 1 aromatic heterocycles. The molecule has 0 saturated carbocycles. The Labute approximate surface area is 98.5 Å². The summed E-state index contributed by atoms with van der Waals surface area (Å²) in [6, 6.07) is 0. The molecular weight excluding hydrogens is 200 g/mol. The molecule has 0 aliphatic heterocycles. The second-order valence-corrected chi connectivity index (χ2v) is 5.16. The van der Waals surface area contributed by atoms with Crippen LogP contribution < -0.4 is 0 Å². The van der Waals surface area contributed by atoms with Gasteiger partial charge in [0.05, 0.1) is 0 Å². The van der Waals surface area contributed by atoms with E-state index in [-0.39, 0.29) is 5.88 Å². The minimum atomic E-state index is 0.228. The highest BCUT2D eigenvalue weighted by Gasteiger charge is 2.19. The van der Waals surface area contributed by atoms with Crippen LogP contribution in [0.5, 0.6) is 5.88 Å². The molecule has 0 aliphatic rings. The minimum absolute atomic E-state index is 0.228. The van der Waals surface area contributed by atoms with Crippen molar-refractivity contribution in [2.75, 3.05) is 0 Å². The van der Waals surface area contributed by atoms with Gasteiger partial charge in [-0.05, 0) is 24.7 Å².